The number of benzene rings is 1. The lowest BCUT2D eigenvalue weighted by atomic mass is 9.93. The molecular formula is C20H26FN3O2S. The molecule has 0 radical (unpaired) electrons. The monoisotopic (exact) mass is 391 g/mol. The molecule has 1 aromatic heterocycles. The van der Waals surface area contributed by atoms with Gasteiger partial charge in [0.1, 0.15) is 5.01 Å². The van der Waals surface area contributed by atoms with Gasteiger partial charge in [-0.3, -0.25) is 9.69 Å². The van der Waals surface area contributed by atoms with Crippen molar-refractivity contribution in [2.24, 2.45) is 0 Å². The quantitative estimate of drug-likeness (QED) is 0.785. The molecule has 0 spiro atoms. The predicted octanol–water partition coefficient (Wildman–Crippen LogP) is 3.30. The fourth-order valence-corrected chi connectivity index (χ4v) is 3.93. The first-order valence-corrected chi connectivity index (χ1v) is 10.0. The maximum Gasteiger partial charge on any atom is 0.260 e. The summed E-state index contributed by atoms with van der Waals surface area (Å²) < 4.78 is 18.9. The third kappa shape index (κ3) is 5.26. The van der Waals surface area contributed by atoms with E-state index in [1.54, 1.807) is 28.4 Å². The van der Waals surface area contributed by atoms with Crippen LogP contribution in [0.4, 0.5) is 4.39 Å². The van der Waals surface area contributed by atoms with Crippen molar-refractivity contribution in [3.8, 4) is 5.75 Å². The first-order valence-electron chi connectivity index (χ1n) is 9.15. The number of para-hydroxylation sites is 1. The minimum atomic E-state index is -0.451. The predicted molar refractivity (Wildman–Crippen MR) is 105 cm³/mol. The summed E-state index contributed by atoms with van der Waals surface area (Å²) in [7, 11) is 0. The Kier molecular flexibility index (Phi) is 6.11. The van der Waals surface area contributed by atoms with Gasteiger partial charge in [-0.2, -0.15) is 0 Å². The molecule has 0 aliphatic carbocycles. The molecule has 2 aromatic rings. The van der Waals surface area contributed by atoms with Gasteiger partial charge in [0.05, 0.1) is 12.2 Å². The molecule has 0 saturated carbocycles. The smallest absolute Gasteiger partial charge is 0.260 e. The number of hydrogen-bond donors (Lipinski definition) is 0. The molecule has 1 amide bonds. The summed E-state index contributed by atoms with van der Waals surface area (Å²) in [5.74, 6) is -0.446. The number of halogens is 1. The molecule has 0 N–H and O–H groups in total. The number of nitrogens with zero attached hydrogens (tertiary/aromatic N) is 3. The van der Waals surface area contributed by atoms with Crippen molar-refractivity contribution in [1.82, 2.24) is 14.8 Å². The SMILES string of the molecule is CC(C)(C)c1csc(CN2CCN(C(=O)COc3ccccc3F)CC2)n1. The Morgan fingerprint density at radius 1 is 1.22 bits per heavy atom. The molecule has 3 rings (SSSR count). The fourth-order valence-electron chi connectivity index (χ4n) is 2.87. The highest BCUT2D eigenvalue weighted by molar-refractivity contribution is 7.09. The van der Waals surface area contributed by atoms with E-state index < -0.39 is 5.82 Å². The Bertz CT molecular complexity index is 780. The van der Waals surface area contributed by atoms with E-state index in [2.05, 4.69) is 31.1 Å². The first kappa shape index (κ1) is 19.8. The molecule has 1 aromatic carbocycles. The van der Waals surface area contributed by atoms with Crippen molar-refractivity contribution in [1.29, 1.82) is 0 Å². The first-order chi connectivity index (χ1) is 12.8. The second-order valence-electron chi connectivity index (χ2n) is 7.75. The van der Waals surface area contributed by atoms with E-state index >= 15 is 0 Å². The van der Waals surface area contributed by atoms with E-state index in [9.17, 15) is 9.18 Å². The van der Waals surface area contributed by atoms with Gasteiger partial charge >= 0.3 is 0 Å². The van der Waals surface area contributed by atoms with E-state index in [1.165, 1.54) is 12.1 Å². The summed E-state index contributed by atoms with van der Waals surface area (Å²) >= 11 is 1.70. The number of piperazine rings is 1. The van der Waals surface area contributed by atoms with Crippen molar-refractivity contribution in [2.75, 3.05) is 32.8 Å². The lowest BCUT2D eigenvalue weighted by molar-refractivity contribution is -0.135. The van der Waals surface area contributed by atoms with Crippen LogP contribution in [-0.4, -0.2) is 53.5 Å². The summed E-state index contributed by atoms with van der Waals surface area (Å²) in [6, 6.07) is 6.13. The molecule has 27 heavy (non-hydrogen) atoms. The molecule has 146 valence electrons. The van der Waals surface area contributed by atoms with Crippen LogP contribution in [0.15, 0.2) is 29.6 Å². The molecule has 0 atom stereocenters. The van der Waals surface area contributed by atoms with Crippen LogP contribution in [0.2, 0.25) is 0 Å². The van der Waals surface area contributed by atoms with Gasteiger partial charge in [0.2, 0.25) is 0 Å². The molecule has 1 aliphatic rings. The second kappa shape index (κ2) is 8.35. The van der Waals surface area contributed by atoms with Gasteiger partial charge in [-0.25, -0.2) is 9.37 Å². The van der Waals surface area contributed by atoms with E-state index in [4.69, 9.17) is 9.72 Å². The van der Waals surface area contributed by atoms with Crippen molar-refractivity contribution >= 4 is 17.2 Å². The minimum Gasteiger partial charge on any atom is -0.481 e. The number of carbonyl (C=O) groups is 1. The lowest BCUT2D eigenvalue weighted by Gasteiger charge is -2.34. The van der Waals surface area contributed by atoms with Gasteiger partial charge < -0.3 is 9.64 Å². The zero-order valence-corrected chi connectivity index (χ0v) is 16.9. The van der Waals surface area contributed by atoms with Crippen molar-refractivity contribution < 1.29 is 13.9 Å². The third-order valence-electron chi connectivity index (χ3n) is 4.59. The Labute approximate surface area is 163 Å². The van der Waals surface area contributed by atoms with Gasteiger partial charge in [-0.05, 0) is 12.1 Å². The molecule has 2 heterocycles. The molecule has 0 unspecified atom stereocenters. The number of thiazole rings is 1. The minimum absolute atomic E-state index is 0.0676. The van der Waals surface area contributed by atoms with Crippen LogP contribution in [0.5, 0.6) is 5.75 Å². The van der Waals surface area contributed by atoms with Crippen LogP contribution in [-0.2, 0) is 16.8 Å². The maximum atomic E-state index is 13.6. The van der Waals surface area contributed by atoms with Crippen LogP contribution < -0.4 is 4.74 Å². The Balaban J connectivity index is 1.45. The largest absolute Gasteiger partial charge is 0.481 e. The van der Waals surface area contributed by atoms with Crippen LogP contribution >= 0.6 is 11.3 Å². The average Bonchev–Trinajstić information content (AvgIpc) is 3.10. The van der Waals surface area contributed by atoms with Crippen LogP contribution in [0.25, 0.3) is 0 Å². The van der Waals surface area contributed by atoms with Gasteiger partial charge in [-0.15, -0.1) is 11.3 Å². The van der Waals surface area contributed by atoms with Crippen LogP contribution in [0.1, 0.15) is 31.5 Å². The zero-order valence-electron chi connectivity index (χ0n) is 16.1. The Morgan fingerprint density at radius 3 is 2.56 bits per heavy atom. The van der Waals surface area contributed by atoms with Gasteiger partial charge in [0.15, 0.2) is 18.2 Å². The normalized spacial score (nSPS) is 15.8. The van der Waals surface area contributed by atoms with Gasteiger partial charge in [-0.1, -0.05) is 32.9 Å². The Morgan fingerprint density at radius 2 is 1.93 bits per heavy atom. The number of aromatic nitrogens is 1. The highest BCUT2D eigenvalue weighted by Crippen LogP contribution is 2.24. The summed E-state index contributed by atoms with van der Waals surface area (Å²) in [5.41, 5.74) is 1.19. The van der Waals surface area contributed by atoms with Crippen LogP contribution in [0, 0.1) is 5.82 Å². The van der Waals surface area contributed by atoms with Crippen molar-refractivity contribution in [2.45, 2.75) is 32.7 Å². The highest BCUT2D eigenvalue weighted by Gasteiger charge is 2.23. The van der Waals surface area contributed by atoms with E-state index in [0.717, 1.165) is 30.3 Å². The molecule has 1 saturated heterocycles. The standard InChI is InChI=1S/C20H26FN3O2S/c1-20(2,3)17-14-27-18(22-17)12-23-8-10-24(11-9-23)19(25)13-26-16-7-5-4-6-15(16)21/h4-7,14H,8-13H2,1-3H3. The number of carbonyl (C=O) groups excluding carboxylic acids is 1. The maximum absolute atomic E-state index is 13.6. The number of amides is 1. The van der Waals surface area contributed by atoms with Gasteiger partial charge in [0.25, 0.3) is 5.91 Å². The summed E-state index contributed by atoms with van der Waals surface area (Å²) in [4.78, 5) is 21.1. The topological polar surface area (TPSA) is 45.7 Å². The van der Waals surface area contributed by atoms with Crippen molar-refractivity contribution in [3.05, 3.63) is 46.2 Å². The highest BCUT2D eigenvalue weighted by atomic mass is 32.1. The van der Waals surface area contributed by atoms with E-state index in [1.807, 2.05) is 0 Å². The fraction of sp³-hybridized carbons (Fsp3) is 0.500. The summed E-state index contributed by atoms with van der Waals surface area (Å²) in [5, 5.41) is 3.25. The molecule has 1 fully saturated rings. The number of hydrogen-bond acceptors (Lipinski definition) is 5. The average molecular weight is 392 g/mol. The number of rotatable bonds is 5. The summed E-state index contributed by atoms with van der Waals surface area (Å²) in [6.45, 7) is 10.1. The molecular weight excluding hydrogens is 365 g/mol. The van der Waals surface area contributed by atoms with Crippen molar-refractivity contribution in [3.63, 3.8) is 0 Å². The van der Waals surface area contributed by atoms with E-state index in [0.29, 0.717) is 13.1 Å². The molecule has 0 bridgehead atoms. The van der Waals surface area contributed by atoms with Crippen LogP contribution in [0.3, 0.4) is 0 Å². The lowest BCUT2D eigenvalue weighted by Crippen LogP contribution is -2.49. The molecule has 5 nitrogen and oxygen atoms in total. The third-order valence-corrected chi connectivity index (χ3v) is 5.43. The molecule has 1 aliphatic heterocycles. The summed E-state index contributed by atoms with van der Waals surface area (Å²) in [6.07, 6.45) is 0. The Hall–Kier alpha value is -1.99. The second-order valence-corrected chi connectivity index (χ2v) is 8.70. The molecule has 7 heteroatoms. The van der Waals surface area contributed by atoms with E-state index in [-0.39, 0.29) is 23.7 Å². The number of ether oxygens (including phenoxy) is 1. The van der Waals surface area contributed by atoms with Gasteiger partial charge in [0, 0.05) is 37.0 Å². The zero-order chi connectivity index (χ0) is 19.4.